The van der Waals surface area contributed by atoms with Crippen LogP contribution in [0.5, 0.6) is 0 Å². The van der Waals surface area contributed by atoms with E-state index in [2.05, 4.69) is 10.6 Å². The van der Waals surface area contributed by atoms with E-state index in [9.17, 15) is 14.4 Å². The first kappa shape index (κ1) is 23.1. The first-order chi connectivity index (χ1) is 16.0. The molecule has 176 valence electrons. The number of rotatable bonds is 5. The van der Waals surface area contributed by atoms with Gasteiger partial charge in [-0.1, -0.05) is 49.1 Å². The Labute approximate surface area is 195 Å². The van der Waals surface area contributed by atoms with Crippen LogP contribution in [-0.2, 0) is 6.54 Å². The third kappa shape index (κ3) is 6.03. The maximum atomic E-state index is 13.1. The first-order valence-corrected chi connectivity index (χ1v) is 12.1. The van der Waals surface area contributed by atoms with E-state index < -0.39 is 0 Å². The van der Waals surface area contributed by atoms with Crippen LogP contribution < -0.4 is 16.2 Å². The predicted octanol–water partition coefficient (Wildman–Crippen LogP) is 3.44. The number of hydrogen-bond acceptors (Lipinski definition) is 3. The van der Waals surface area contributed by atoms with Gasteiger partial charge in [0.15, 0.2) is 0 Å². The van der Waals surface area contributed by atoms with Crippen LogP contribution in [0, 0.1) is 6.92 Å². The SMILES string of the molecule is Cc1cccc(Cn2cccc(C(=O)N3CCC(NC(=O)NC4CCCCC4)CC3)c2=O)c1. The van der Waals surface area contributed by atoms with Crippen LogP contribution in [0.4, 0.5) is 4.79 Å². The summed E-state index contributed by atoms with van der Waals surface area (Å²) < 4.78 is 1.59. The standard InChI is InChI=1S/C26H34N4O3/c1-19-7-5-8-20(17-19)18-30-14-6-11-23(25(30)32)24(31)29-15-12-22(13-16-29)28-26(33)27-21-9-3-2-4-10-21/h5-8,11,14,17,21-22H,2-4,9-10,12-13,15-16,18H2,1H3,(H2,27,28,33). The zero-order valence-corrected chi connectivity index (χ0v) is 19.4. The van der Waals surface area contributed by atoms with Crippen molar-refractivity contribution >= 4 is 11.9 Å². The van der Waals surface area contributed by atoms with Crippen LogP contribution in [0.1, 0.15) is 66.4 Å². The van der Waals surface area contributed by atoms with Gasteiger partial charge in [0.1, 0.15) is 5.56 Å². The Kier molecular flexibility index (Phi) is 7.47. The highest BCUT2D eigenvalue weighted by atomic mass is 16.2. The number of carbonyl (C=O) groups is 2. The molecule has 2 heterocycles. The van der Waals surface area contributed by atoms with Crippen molar-refractivity contribution in [2.45, 2.75) is 70.5 Å². The molecule has 0 radical (unpaired) electrons. The summed E-state index contributed by atoms with van der Waals surface area (Å²) in [5.74, 6) is -0.233. The van der Waals surface area contributed by atoms with Gasteiger partial charge >= 0.3 is 6.03 Å². The molecule has 0 bridgehead atoms. The lowest BCUT2D eigenvalue weighted by Gasteiger charge is -2.33. The molecule has 0 atom stereocenters. The van der Waals surface area contributed by atoms with Gasteiger partial charge in [-0.3, -0.25) is 9.59 Å². The van der Waals surface area contributed by atoms with E-state index in [0.29, 0.717) is 32.5 Å². The van der Waals surface area contributed by atoms with E-state index in [1.807, 2.05) is 31.2 Å². The van der Waals surface area contributed by atoms with Crippen molar-refractivity contribution in [1.82, 2.24) is 20.1 Å². The minimum Gasteiger partial charge on any atom is -0.338 e. The molecule has 1 saturated carbocycles. The van der Waals surface area contributed by atoms with Gasteiger partial charge in [-0.15, -0.1) is 0 Å². The molecule has 0 spiro atoms. The molecular weight excluding hydrogens is 416 g/mol. The second-order valence-electron chi connectivity index (χ2n) is 9.36. The monoisotopic (exact) mass is 450 g/mol. The molecule has 2 aromatic rings. The largest absolute Gasteiger partial charge is 0.338 e. The molecule has 1 aromatic heterocycles. The van der Waals surface area contributed by atoms with E-state index >= 15 is 0 Å². The molecule has 1 saturated heterocycles. The summed E-state index contributed by atoms with van der Waals surface area (Å²) >= 11 is 0. The van der Waals surface area contributed by atoms with Crippen LogP contribution in [0.3, 0.4) is 0 Å². The average Bonchev–Trinajstić information content (AvgIpc) is 2.81. The fraction of sp³-hybridized carbons (Fsp3) is 0.500. The van der Waals surface area contributed by atoms with Crippen molar-refractivity contribution in [2.24, 2.45) is 0 Å². The fourth-order valence-electron chi connectivity index (χ4n) is 4.89. The van der Waals surface area contributed by atoms with Crippen molar-refractivity contribution in [3.05, 3.63) is 69.6 Å². The highest BCUT2D eigenvalue weighted by molar-refractivity contribution is 5.93. The van der Waals surface area contributed by atoms with Crippen molar-refractivity contribution < 1.29 is 9.59 Å². The van der Waals surface area contributed by atoms with E-state index in [0.717, 1.165) is 24.0 Å². The molecule has 7 nitrogen and oxygen atoms in total. The van der Waals surface area contributed by atoms with E-state index in [1.54, 1.807) is 27.8 Å². The lowest BCUT2D eigenvalue weighted by atomic mass is 9.96. The summed E-state index contributed by atoms with van der Waals surface area (Å²) in [5, 5.41) is 6.15. The van der Waals surface area contributed by atoms with Gasteiger partial charge in [0, 0.05) is 31.4 Å². The van der Waals surface area contributed by atoms with Gasteiger partial charge < -0.3 is 20.1 Å². The topological polar surface area (TPSA) is 83.4 Å². The Balaban J connectivity index is 1.32. The molecule has 33 heavy (non-hydrogen) atoms. The minimum absolute atomic E-state index is 0.0476. The molecule has 4 rings (SSSR count). The van der Waals surface area contributed by atoms with Crippen molar-refractivity contribution in [2.75, 3.05) is 13.1 Å². The maximum Gasteiger partial charge on any atom is 0.315 e. The summed E-state index contributed by atoms with van der Waals surface area (Å²) in [5.41, 5.74) is 2.10. The molecule has 2 aliphatic rings. The number of amides is 3. The Hall–Kier alpha value is -3.09. The molecule has 2 N–H and O–H groups in total. The Morgan fingerprint density at radius 3 is 2.33 bits per heavy atom. The number of aromatic nitrogens is 1. The van der Waals surface area contributed by atoms with E-state index in [-0.39, 0.29) is 35.1 Å². The highest BCUT2D eigenvalue weighted by Crippen LogP contribution is 2.18. The van der Waals surface area contributed by atoms with Gasteiger partial charge in [-0.2, -0.15) is 0 Å². The number of likely N-dealkylation sites (tertiary alicyclic amines) is 1. The number of piperidine rings is 1. The molecule has 1 aromatic carbocycles. The van der Waals surface area contributed by atoms with Gasteiger partial charge in [-0.05, 0) is 50.3 Å². The average molecular weight is 451 g/mol. The van der Waals surface area contributed by atoms with Crippen LogP contribution in [0.2, 0.25) is 0 Å². The molecular formula is C26H34N4O3. The molecule has 7 heteroatoms. The lowest BCUT2D eigenvalue weighted by Crippen LogP contribution is -2.51. The second-order valence-corrected chi connectivity index (χ2v) is 9.36. The zero-order valence-electron chi connectivity index (χ0n) is 19.4. The minimum atomic E-state index is -0.267. The number of urea groups is 1. The number of nitrogens with one attached hydrogen (secondary N) is 2. The van der Waals surface area contributed by atoms with E-state index in [4.69, 9.17) is 0 Å². The Morgan fingerprint density at radius 2 is 1.64 bits per heavy atom. The van der Waals surface area contributed by atoms with Gasteiger partial charge in [0.2, 0.25) is 0 Å². The Morgan fingerprint density at radius 1 is 0.939 bits per heavy atom. The molecule has 0 unspecified atom stereocenters. The number of aryl methyl sites for hydroxylation is 1. The van der Waals surface area contributed by atoms with Crippen molar-refractivity contribution in [1.29, 1.82) is 0 Å². The van der Waals surface area contributed by atoms with Crippen LogP contribution >= 0.6 is 0 Å². The zero-order chi connectivity index (χ0) is 23.2. The number of hydrogen-bond donors (Lipinski definition) is 2. The third-order valence-corrected chi connectivity index (χ3v) is 6.74. The highest BCUT2D eigenvalue weighted by Gasteiger charge is 2.27. The van der Waals surface area contributed by atoms with Crippen LogP contribution in [0.25, 0.3) is 0 Å². The lowest BCUT2D eigenvalue weighted by molar-refractivity contribution is 0.0705. The predicted molar refractivity (Wildman–Crippen MR) is 128 cm³/mol. The number of carbonyl (C=O) groups excluding carboxylic acids is 2. The Bertz CT molecular complexity index is 1030. The smallest absolute Gasteiger partial charge is 0.315 e. The molecule has 1 aliphatic carbocycles. The number of pyridine rings is 1. The number of benzene rings is 1. The first-order valence-electron chi connectivity index (χ1n) is 12.1. The normalized spacial score (nSPS) is 17.5. The maximum absolute atomic E-state index is 13.1. The molecule has 2 fully saturated rings. The summed E-state index contributed by atoms with van der Waals surface area (Å²) in [4.78, 5) is 40.1. The van der Waals surface area contributed by atoms with Crippen LogP contribution in [0.15, 0.2) is 47.4 Å². The summed E-state index contributed by atoms with van der Waals surface area (Å²) in [6, 6.07) is 11.6. The molecule has 1 aliphatic heterocycles. The van der Waals surface area contributed by atoms with Crippen molar-refractivity contribution in [3.8, 4) is 0 Å². The quantitative estimate of drug-likeness (QED) is 0.732. The van der Waals surface area contributed by atoms with Crippen LogP contribution in [-0.4, -0.2) is 46.6 Å². The number of nitrogens with zero attached hydrogens (tertiary/aromatic N) is 2. The summed E-state index contributed by atoms with van der Waals surface area (Å²) in [6.45, 7) is 3.51. The van der Waals surface area contributed by atoms with Gasteiger partial charge in [-0.25, -0.2) is 4.79 Å². The second kappa shape index (κ2) is 10.7. The summed E-state index contributed by atoms with van der Waals surface area (Å²) in [7, 11) is 0. The third-order valence-electron chi connectivity index (χ3n) is 6.74. The van der Waals surface area contributed by atoms with Crippen molar-refractivity contribution in [3.63, 3.8) is 0 Å². The van der Waals surface area contributed by atoms with Gasteiger partial charge in [0.05, 0.1) is 6.54 Å². The summed E-state index contributed by atoms with van der Waals surface area (Å²) in [6.07, 6.45) is 8.82. The fourth-order valence-corrected chi connectivity index (χ4v) is 4.89. The van der Waals surface area contributed by atoms with E-state index in [1.165, 1.54) is 19.3 Å². The molecule has 3 amide bonds. The van der Waals surface area contributed by atoms with Gasteiger partial charge in [0.25, 0.3) is 11.5 Å².